The maximum Gasteiger partial charge on any atom is 0.406 e. The van der Waals surface area contributed by atoms with Crippen molar-refractivity contribution in [3.63, 3.8) is 0 Å². The lowest BCUT2D eigenvalue weighted by molar-refractivity contribution is -0.390. The summed E-state index contributed by atoms with van der Waals surface area (Å²) in [6.07, 6.45) is 1.89. The van der Waals surface area contributed by atoms with Crippen LogP contribution in [0.1, 0.15) is 5.82 Å². The number of rotatable bonds is 6. The van der Waals surface area contributed by atoms with E-state index in [4.69, 9.17) is 9.47 Å². The normalized spacial score (nSPS) is 10.4. The highest BCUT2D eigenvalue weighted by Gasteiger charge is 2.18. The number of nitro groups is 1. The van der Waals surface area contributed by atoms with Crippen LogP contribution in [0.5, 0.6) is 10.9 Å². The lowest BCUT2D eigenvalue weighted by Gasteiger charge is -2.00. The molecule has 0 N–H and O–H groups in total. The molecule has 0 aliphatic rings. The Morgan fingerprint density at radius 2 is 2.37 bits per heavy atom. The third kappa shape index (κ3) is 3.42. The van der Waals surface area contributed by atoms with E-state index < -0.39 is 4.92 Å². The second-order valence-electron chi connectivity index (χ2n) is 3.40. The fraction of sp³-hybridized carbons (Fsp3) is 0.300. The van der Waals surface area contributed by atoms with Crippen LogP contribution in [0.25, 0.3) is 0 Å². The minimum absolute atomic E-state index is 0.0435. The summed E-state index contributed by atoms with van der Waals surface area (Å²) in [5.74, 6) is 0.270. The zero-order valence-corrected chi connectivity index (χ0v) is 10.8. The van der Waals surface area contributed by atoms with Gasteiger partial charge < -0.3 is 19.6 Å². The van der Waals surface area contributed by atoms with Gasteiger partial charge in [-0.3, -0.25) is 0 Å². The van der Waals surface area contributed by atoms with E-state index in [0.29, 0.717) is 18.9 Å². The Morgan fingerprint density at radius 1 is 1.53 bits per heavy atom. The topological polar surface area (TPSA) is 100 Å². The predicted molar refractivity (Wildman–Crippen MR) is 66.5 cm³/mol. The molecule has 2 heterocycles. The smallest absolute Gasteiger partial charge is 0.406 e. The van der Waals surface area contributed by atoms with E-state index in [1.165, 1.54) is 12.3 Å². The van der Waals surface area contributed by atoms with Gasteiger partial charge in [0.25, 0.3) is 5.19 Å². The van der Waals surface area contributed by atoms with E-state index in [1.54, 1.807) is 13.2 Å². The van der Waals surface area contributed by atoms with Gasteiger partial charge >= 0.3 is 5.82 Å². The first-order valence-electron chi connectivity index (χ1n) is 5.29. The molecule has 0 amide bonds. The second-order valence-corrected chi connectivity index (χ2v) is 4.12. The Bertz CT molecular complexity index is 574. The van der Waals surface area contributed by atoms with Crippen molar-refractivity contribution in [2.75, 3.05) is 13.7 Å². The van der Waals surface area contributed by atoms with Gasteiger partial charge in [-0.25, -0.2) is 0 Å². The van der Waals surface area contributed by atoms with Crippen molar-refractivity contribution in [2.45, 2.75) is 6.42 Å². The quantitative estimate of drug-likeness (QED) is 0.588. The summed E-state index contributed by atoms with van der Waals surface area (Å²) in [6.45, 7) is 0.503. The summed E-state index contributed by atoms with van der Waals surface area (Å²) in [6, 6.07) is 3.01. The van der Waals surface area contributed by atoms with Crippen LogP contribution in [-0.2, 0) is 11.2 Å². The van der Waals surface area contributed by atoms with Crippen LogP contribution in [0.3, 0.4) is 0 Å². The fourth-order valence-corrected chi connectivity index (χ4v) is 1.86. The highest BCUT2D eigenvalue weighted by Crippen LogP contribution is 2.29. The van der Waals surface area contributed by atoms with Crippen LogP contribution in [0.4, 0.5) is 5.82 Å². The average molecular weight is 282 g/mol. The first-order chi connectivity index (χ1) is 9.20. The third-order valence-electron chi connectivity index (χ3n) is 2.10. The molecule has 0 aliphatic heterocycles. The largest absolute Gasteiger partial charge is 0.421 e. The Balaban J connectivity index is 2.13. The van der Waals surface area contributed by atoms with Gasteiger partial charge in [0.2, 0.25) is 5.75 Å². The van der Waals surface area contributed by atoms with Gasteiger partial charge in [-0.2, -0.15) is 9.36 Å². The standard InChI is InChI=1S/C10H10N4O4S/c1-17-6-4-8-12-10(19-13-8)18-7-3-2-5-11-9(7)14(15)16/h2-3,5H,4,6H2,1H3. The molecular weight excluding hydrogens is 272 g/mol. The first kappa shape index (κ1) is 13.3. The molecule has 100 valence electrons. The SMILES string of the molecule is COCCc1nsc(Oc2cccnc2[N+](=O)[O-])n1. The van der Waals surface area contributed by atoms with Crippen LogP contribution < -0.4 is 4.74 Å². The molecule has 8 nitrogen and oxygen atoms in total. The lowest BCUT2D eigenvalue weighted by Crippen LogP contribution is -1.97. The molecule has 9 heteroatoms. The van der Waals surface area contributed by atoms with Crippen molar-refractivity contribution in [3.05, 3.63) is 34.3 Å². The first-order valence-corrected chi connectivity index (χ1v) is 6.07. The molecular formula is C10H10N4O4S. The number of pyridine rings is 1. The lowest BCUT2D eigenvalue weighted by atomic mass is 10.4. The van der Waals surface area contributed by atoms with Crippen LogP contribution in [0.15, 0.2) is 18.3 Å². The Hall–Kier alpha value is -2.13. The molecule has 0 unspecified atom stereocenters. The van der Waals surface area contributed by atoms with Gasteiger partial charge in [0.05, 0.1) is 6.61 Å². The summed E-state index contributed by atoms with van der Waals surface area (Å²) in [7, 11) is 1.59. The van der Waals surface area contributed by atoms with Crippen molar-refractivity contribution >= 4 is 17.4 Å². The summed E-state index contributed by atoms with van der Waals surface area (Å²) in [5, 5.41) is 11.0. The molecule has 0 bridgehead atoms. The van der Waals surface area contributed by atoms with Gasteiger partial charge in [0.1, 0.15) is 12.0 Å². The van der Waals surface area contributed by atoms with Gasteiger partial charge in [-0.1, -0.05) is 0 Å². The third-order valence-corrected chi connectivity index (χ3v) is 2.73. The molecule has 0 aliphatic carbocycles. The minimum atomic E-state index is -0.609. The highest BCUT2D eigenvalue weighted by molar-refractivity contribution is 7.07. The van der Waals surface area contributed by atoms with Crippen LogP contribution in [0, 0.1) is 10.1 Å². The Morgan fingerprint density at radius 3 is 3.11 bits per heavy atom. The van der Waals surface area contributed by atoms with Gasteiger partial charge in [-0.05, 0) is 22.0 Å². The molecule has 2 aromatic heterocycles. The van der Waals surface area contributed by atoms with Crippen molar-refractivity contribution < 1.29 is 14.4 Å². The zero-order valence-electron chi connectivity index (χ0n) is 9.98. The van der Waals surface area contributed by atoms with Gasteiger partial charge in [-0.15, -0.1) is 0 Å². The van der Waals surface area contributed by atoms with Crippen molar-refractivity contribution in [3.8, 4) is 10.9 Å². The predicted octanol–water partition coefficient (Wildman–Crippen LogP) is 1.82. The van der Waals surface area contributed by atoms with E-state index in [1.807, 2.05) is 0 Å². The maximum atomic E-state index is 10.8. The van der Waals surface area contributed by atoms with Crippen LogP contribution >= 0.6 is 11.5 Å². The van der Waals surface area contributed by atoms with Gasteiger partial charge in [0.15, 0.2) is 0 Å². The molecule has 19 heavy (non-hydrogen) atoms. The van der Waals surface area contributed by atoms with Crippen LogP contribution in [0.2, 0.25) is 0 Å². The Labute approximate surface area is 112 Å². The van der Waals surface area contributed by atoms with Crippen molar-refractivity contribution in [1.82, 2.24) is 14.3 Å². The maximum absolute atomic E-state index is 10.8. The van der Waals surface area contributed by atoms with Gasteiger partial charge in [0, 0.05) is 25.1 Å². The van der Waals surface area contributed by atoms with E-state index in [2.05, 4.69) is 14.3 Å². The number of hydrogen-bond donors (Lipinski definition) is 0. The summed E-state index contributed by atoms with van der Waals surface area (Å²) in [4.78, 5) is 17.9. The molecule has 0 spiro atoms. The number of aromatic nitrogens is 3. The monoisotopic (exact) mass is 282 g/mol. The number of ether oxygens (including phenoxy) is 2. The van der Waals surface area contributed by atoms with E-state index in [9.17, 15) is 10.1 Å². The molecule has 0 saturated heterocycles. The molecule has 0 aromatic carbocycles. The number of nitrogens with zero attached hydrogens (tertiary/aromatic N) is 4. The molecule has 2 aromatic rings. The minimum Gasteiger partial charge on any atom is -0.421 e. The zero-order chi connectivity index (χ0) is 13.7. The summed E-state index contributed by atoms with van der Waals surface area (Å²) in [5.41, 5.74) is 0. The molecule has 0 saturated carbocycles. The average Bonchev–Trinajstić information content (AvgIpc) is 2.84. The number of methoxy groups -OCH3 is 1. The van der Waals surface area contributed by atoms with E-state index in [0.717, 1.165) is 11.5 Å². The fourth-order valence-electron chi connectivity index (χ4n) is 1.27. The van der Waals surface area contributed by atoms with Crippen molar-refractivity contribution in [1.29, 1.82) is 0 Å². The second kappa shape index (κ2) is 6.16. The molecule has 2 rings (SSSR count). The van der Waals surface area contributed by atoms with Crippen LogP contribution in [-0.4, -0.2) is 33.0 Å². The van der Waals surface area contributed by atoms with Crippen molar-refractivity contribution in [2.24, 2.45) is 0 Å². The number of hydrogen-bond acceptors (Lipinski definition) is 8. The van der Waals surface area contributed by atoms with E-state index in [-0.39, 0.29) is 16.8 Å². The highest BCUT2D eigenvalue weighted by atomic mass is 32.1. The Kier molecular flexibility index (Phi) is 4.31. The van der Waals surface area contributed by atoms with E-state index >= 15 is 0 Å². The molecule has 0 radical (unpaired) electrons. The summed E-state index contributed by atoms with van der Waals surface area (Å²) >= 11 is 1.03. The molecule has 0 atom stereocenters. The summed E-state index contributed by atoms with van der Waals surface area (Å²) < 4.78 is 14.3. The molecule has 0 fully saturated rings.